The van der Waals surface area contributed by atoms with E-state index in [9.17, 15) is 0 Å². The lowest BCUT2D eigenvalue weighted by Crippen LogP contribution is -2.38. The molecule has 0 bridgehead atoms. The van der Waals surface area contributed by atoms with E-state index in [-0.39, 0.29) is 0 Å². The Kier molecular flexibility index (Phi) is 6.07. The van der Waals surface area contributed by atoms with Crippen LogP contribution in [0.2, 0.25) is 0 Å². The van der Waals surface area contributed by atoms with E-state index in [0.29, 0.717) is 6.04 Å². The number of nitrogens with zero attached hydrogens (tertiary/aromatic N) is 2. The highest BCUT2D eigenvalue weighted by molar-refractivity contribution is 5.47. The molecule has 2 rings (SSSR count). The highest BCUT2D eigenvalue weighted by atomic mass is 15.2. The second-order valence-corrected chi connectivity index (χ2v) is 6.51. The average molecular weight is 289 g/mol. The summed E-state index contributed by atoms with van der Waals surface area (Å²) in [6, 6.07) is 10.3. The van der Waals surface area contributed by atoms with Gasteiger partial charge in [0.05, 0.1) is 0 Å². The van der Waals surface area contributed by atoms with Crippen LogP contribution in [0.4, 0.5) is 5.69 Å². The van der Waals surface area contributed by atoms with Gasteiger partial charge in [-0.3, -0.25) is 4.90 Å². The van der Waals surface area contributed by atoms with Gasteiger partial charge in [-0.05, 0) is 43.6 Å². The number of likely N-dealkylation sites (N-methyl/N-ethyl adjacent to an activating group) is 2. The van der Waals surface area contributed by atoms with Gasteiger partial charge >= 0.3 is 0 Å². The van der Waals surface area contributed by atoms with E-state index in [1.165, 1.54) is 37.2 Å². The summed E-state index contributed by atoms with van der Waals surface area (Å²) in [5.74, 6) is 0. The molecule has 3 heteroatoms. The Bertz CT molecular complexity index is 413. The molecule has 0 radical (unpaired) electrons. The van der Waals surface area contributed by atoms with Gasteiger partial charge in [0.1, 0.15) is 0 Å². The number of hydrogen-bond donors (Lipinski definition) is 1. The Morgan fingerprint density at radius 3 is 2.62 bits per heavy atom. The topological polar surface area (TPSA) is 18.5 Å². The summed E-state index contributed by atoms with van der Waals surface area (Å²) in [5, 5.41) is 3.46. The number of hydrogen-bond acceptors (Lipinski definition) is 3. The summed E-state index contributed by atoms with van der Waals surface area (Å²) in [7, 11) is 2.22. The highest BCUT2D eigenvalue weighted by Gasteiger charge is 2.24. The van der Waals surface area contributed by atoms with Crippen molar-refractivity contribution in [3.63, 3.8) is 0 Å². The van der Waals surface area contributed by atoms with Crippen molar-refractivity contribution in [1.82, 2.24) is 10.2 Å². The van der Waals surface area contributed by atoms with Gasteiger partial charge in [0.25, 0.3) is 0 Å². The van der Waals surface area contributed by atoms with Crippen LogP contribution in [0.5, 0.6) is 0 Å². The summed E-state index contributed by atoms with van der Waals surface area (Å²) in [6.07, 6.45) is 2.70. The first kappa shape index (κ1) is 16.3. The largest absolute Gasteiger partial charge is 0.373 e. The maximum absolute atomic E-state index is 3.46. The third kappa shape index (κ3) is 4.72. The standard InChI is InChI=1S/C18H31N3/c1-5-21-12-6-7-18(21)14-20(4)17-10-8-16(9-11-17)13-19-15(2)3/h8-11,15,18-19H,5-7,12-14H2,1-4H3. The molecule has 0 aliphatic carbocycles. The van der Waals surface area contributed by atoms with Gasteiger partial charge in [0, 0.05) is 37.9 Å². The van der Waals surface area contributed by atoms with E-state index < -0.39 is 0 Å². The molecule has 1 heterocycles. The van der Waals surface area contributed by atoms with Gasteiger partial charge in [0.15, 0.2) is 0 Å². The summed E-state index contributed by atoms with van der Waals surface area (Å²) in [6.45, 7) is 11.2. The quantitative estimate of drug-likeness (QED) is 0.832. The van der Waals surface area contributed by atoms with E-state index in [1.807, 2.05) is 0 Å². The number of rotatable bonds is 7. The molecule has 1 saturated heterocycles. The molecule has 1 aliphatic heterocycles. The molecule has 118 valence electrons. The van der Waals surface area contributed by atoms with Crippen molar-refractivity contribution in [2.45, 2.75) is 52.2 Å². The summed E-state index contributed by atoms with van der Waals surface area (Å²) >= 11 is 0. The van der Waals surface area contributed by atoms with E-state index in [1.54, 1.807) is 0 Å². The molecule has 1 fully saturated rings. The van der Waals surface area contributed by atoms with Crippen LogP contribution < -0.4 is 10.2 Å². The van der Waals surface area contributed by atoms with Gasteiger partial charge in [-0.1, -0.05) is 32.9 Å². The van der Waals surface area contributed by atoms with Crippen LogP contribution in [0.15, 0.2) is 24.3 Å². The SMILES string of the molecule is CCN1CCCC1CN(C)c1ccc(CNC(C)C)cc1. The fourth-order valence-electron chi connectivity index (χ4n) is 3.13. The molecule has 1 atom stereocenters. The number of anilines is 1. The molecule has 21 heavy (non-hydrogen) atoms. The zero-order valence-corrected chi connectivity index (χ0v) is 14.1. The minimum absolute atomic E-state index is 0.537. The average Bonchev–Trinajstić information content (AvgIpc) is 2.92. The molecule has 3 nitrogen and oxygen atoms in total. The smallest absolute Gasteiger partial charge is 0.0364 e. The lowest BCUT2D eigenvalue weighted by atomic mass is 10.1. The van der Waals surface area contributed by atoms with Crippen molar-refractivity contribution in [1.29, 1.82) is 0 Å². The lowest BCUT2D eigenvalue weighted by Gasteiger charge is -2.29. The molecule has 0 aromatic heterocycles. The first-order valence-corrected chi connectivity index (χ1v) is 8.37. The van der Waals surface area contributed by atoms with Crippen molar-refractivity contribution in [3.8, 4) is 0 Å². The third-order valence-corrected chi connectivity index (χ3v) is 4.48. The third-order valence-electron chi connectivity index (χ3n) is 4.48. The van der Waals surface area contributed by atoms with Crippen molar-refractivity contribution >= 4 is 5.69 Å². The first-order valence-electron chi connectivity index (χ1n) is 8.37. The Morgan fingerprint density at radius 2 is 2.00 bits per heavy atom. The zero-order chi connectivity index (χ0) is 15.2. The predicted molar refractivity (Wildman–Crippen MR) is 92.0 cm³/mol. The Hall–Kier alpha value is -1.06. The molecular formula is C18H31N3. The van der Waals surface area contributed by atoms with E-state index >= 15 is 0 Å². The minimum atomic E-state index is 0.537. The Morgan fingerprint density at radius 1 is 1.29 bits per heavy atom. The van der Waals surface area contributed by atoms with Crippen LogP contribution in [0.1, 0.15) is 39.2 Å². The van der Waals surface area contributed by atoms with Gasteiger partial charge in [-0.15, -0.1) is 0 Å². The maximum atomic E-state index is 3.46. The second-order valence-electron chi connectivity index (χ2n) is 6.51. The van der Waals surface area contributed by atoms with E-state index in [2.05, 4.69) is 67.2 Å². The summed E-state index contributed by atoms with van der Waals surface area (Å²) in [5.41, 5.74) is 2.68. The fourth-order valence-corrected chi connectivity index (χ4v) is 3.13. The first-order chi connectivity index (χ1) is 10.1. The maximum Gasteiger partial charge on any atom is 0.0364 e. The summed E-state index contributed by atoms with van der Waals surface area (Å²) < 4.78 is 0. The van der Waals surface area contributed by atoms with Crippen molar-refractivity contribution in [3.05, 3.63) is 29.8 Å². The van der Waals surface area contributed by atoms with Gasteiger partial charge < -0.3 is 10.2 Å². The van der Waals surface area contributed by atoms with Crippen LogP contribution in [-0.4, -0.2) is 43.7 Å². The van der Waals surface area contributed by atoms with Crippen LogP contribution in [0, 0.1) is 0 Å². The molecule has 1 aromatic carbocycles. The molecular weight excluding hydrogens is 258 g/mol. The van der Waals surface area contributed by atoms with Crippen LogP contribution in [0.25, 0.3) is 0 Å². The fraction of sp³-hybridized carbons (Fsp3) is 0.667. The van der Waals surface area contributed by atoms with Crippen molar-refractivity contribution in [2.24, 2.45) is 0 Å². The summed E-state index contributed by atoms with van der Waals surface area (Å²) in [4.78, 5) is 5.01. The molecule has 0 amide bonds. The van der Waals surface area contributed by atoms with Gasteiger partial charge in [-0.25, -0.2) is 0 Å². The molecule has 1 unspecified atom stereocenters. The lowest BCUT2D eigenvalue weighted by molar-refractivity contribution is 0.270. The number of benzene rings is 1. The normalized spacial score (nSPS) is 19.4. The minimum Gasteiger partial charge on any atom is -0.373 e. The van der Waals surface area contributed by atoms with Crippen LogP contribution in [-0.2, 0) is 6.54 Å². The second kappa shape index (κ2) is 7.81. The van der Waals surface area contributed by atoms with E-state index in [4.69, 9.17) is 0 Å². The molecule has 1 aromatic rings. The van der Waals surface area contributed by atoms with Crippen LogP contribution >= 0.6 is 0 Å². The Balaban J connectivity index is 1.88. The highest BCUT2D eigenvalue weighted by Crippen LogP contribution is 2.20. The van der Waals surface area contributed by atoms with Crippen LogP contribution in [0.3, 0.4) is 0 Å². The predicted octanol–water partition coefficient (Wildman–Crippen LogP) is 3.11. The molecule has 0 saturated carbocycles. The number of nitrogens with one attached hydrogen (secondary N) is 1. The molecule has 1 N–H and O–H groups in total. The number of likely N-dealkylation sites (tertiary alicyclic amines) is 1. The molecule has 1 aliphatic rings. The van der Waals surface area contributed by atoms with Crippen molar-refractivity contribution < 1.29 is 0 Å². The van der Waals surface area contributed by atoms with E-state index in [0.717, 1.165) is 19.1 Å². The Labute approximate surface area is 130 Å². The van der Waals surface area contributed by atoms with Crippen molar-refractivity contribution in [2.75, 3.05) is 31.6 Å². The molecule has 0 spiro atoms. The van der Waals surface area contributed by atoms with Gasteiger partial charge in [-0.2, -0.15) is 0 Å². The zero-order valence-electron chi connectivity index (χ0n) is 14.1. The monoisotopic (exact) mass is 289 g/mol. The van der Waals surface area contributed by atoms with Gasteiger partial charge in [0.2, 0.25) is 0 Å².